The minimum atomic E-state index is -0.920. The number of carboxylic acid groups (broad SMARTS) is 2. The van der Waals surface area contributed by atoms with E-state index in [-0.39, 0.29) is 29.6 Å². The molecular formula is C100H114CoO4P4. The summed E-state index contributed by atoms with van der Waals surface area (Å²) in [5.41, 5.74) is 15.9. The second-order valence-corrected chi connectivity index (χ2v) is 37.4. The van der Waals surface area contributed by atoms with Gasteiger partial charge >= 0.3 is 16.8 Å². The Morgan fingerprint density at radius 3 is 0.431 bits per heavy atom. The van der Waals surface area contributed by atoms with Crippen LogP contribution in [-0.2, 0) is 26.4 Å². The summed E-state index contributed by atoms with van der Waals surface area (Å²) in [6, 6.07) is 107. The van der Waals surface area contributed by atoms with Crippen molar-refractivity contribution < 1.29 is 36.6 Å². The molecule has 4 nitrogen and oxygen atoms in total. The molecule has 0 amide bonds. The first kappa shape index (κ1) is 89.7. The molecule has 109 heavy (non-hydrogen) atoms. The average molecular weight is 1560 g/mol. The van der Waals surface area contributed by atoms with Crippen LogP contribution in [0.25, 0.3) is 0 Å². The molecule has 0 aliphatic rings. The number of aliphatic carboxylic acids is 2. The maximum Gasteiger partial charge on any atom is 2.00 e. The predicted molar refractivity (Wildman–Crippen MR) is 474 cm³/mol. The Balaban J connectivity index is 0.000000209. The maximum atomic E-state index is 9.92. The fourth-order valence-electron chi connectivity index (χ4n) is 12.7. The number of hydrogen-bond acceptors (Lipinski definition) is 4. The van der Waals surface area contributed by atoms with Crippen molar-refractivity contribution in [1.82, 2.24) is 0 Å². The third-order valence-electron chi connectivity index (χ3n) is 18.1. The number of benzene rings is 12. The molecule has 0 unspecified atom stereocenters. The maximum absolute atomic E-state index is 9.92. The quantitative estimate of drug-likeness (QED) is 0.0446. The van der Waals surface area contributed by atoms with Gasteiger partial charge in [0.05, 0.1) is 0 Å². The van der Waals surface area contributed by atoms with Crippen LogP contribution in [0.5, 0.6) is 0 Å². The van der Waals surface area contributed by atoms with Crippen molar-refractivity contribution in [3.63, 3.8) is 0 Å². The van der Waals surface area contributed by atoms with E-state index in [0.717, 1.165) is 38.5 Å². The molecule has 12 aromatic rings. The van der Waals surface area contributed by atoms with E-state index < -0.39 is 43.6 Å². The Morgan fingerprint density at radius 2 is 0.330 bits per heavy atom. The number of aryl methyl sites for hydroxylation is 12. The largest absolute Gasteiger partial charge is 2.00 e. The molecule has 0 heterocycles. The molecule has 0 aliphatic heterocycles. The fraction of sp³-hybridized carbons (Fsp3) is 0.260. The van der Waals surface area contributed by atoms with Crippen LogP contribution >= 0.6 is 31.7 Å². The minimum Gasteiger partial charge on any atom is -0.550 e. The minimum absolute atomic E-state index is 0. The second kappa shape index (κ2) is 48.5. The van der Waals surface area contributed by atoms with E-state index >= 15 is 0 Å². The van der Waals surface area contributed by atoms with Crippen molar-refractivity contribution >= 4 is 107 Å². The molecule has 9 heteroatoms. The summed E-state index contributed by atoms with van der Waals surface area (Å²) in [4.78, 5) is 19.8. The fourth-order valence-corrected chi connectivity index (χ4v) is 23.1. The van der Waals surface area contributed by atoms with Crippen LogP contribution in [0.4, 0.5) is 0 Å². The number of hydrogen-bond donors (Lipinski definition) is 0. The van der Waals surface area contributed by atoms with E-state index in [0.29, 0.717) is 0 Å². The molecule has 0 bridgehead atoms. The van der Waals surface area contributed by atoms with Crippen molar-refractivity contribution in [3.05, 3.63) is 358 Å². The van der Waals surface area contributed by atoms with E-state index in [9.17, 15) is 19.8 Å². The third-order valence-corrected chi connectivity index (χ3v) is 27.6. The summed E-state index contributed by atoms with van der Waals surface area (Å²) in [6.45, 7) is 30.3. The summed E-state index contributed by atoms with van der Waals surface area (Å²) in [5, 5.41) is 36.9. The van der Waals surface area contributed by atoms with Gasteiger partial charge in [0.1, 0.15) is 0 Å². The first-order valence-electron chi connectivity index (χ1n) is 38.5. The Kier molecular flexibility index (Phi) is 39.9. The van der Waals surface area contributed by atoms with E-state index in [4.69, 9.17) is 0 Å². The normalized spacial score (nSPS) is 10.6. The molecule has 1 radical (unpaired) electrons. The summed E-state index contributed by atoms with van der Waals surface area (Å²) < 4.78 is 0. The standard InChI is InChI=1S/4C21H21P.2C8H16O2.Co/c4*1-16-7-4-10-19(13-16)22(20-11-5-8-17(2)14-20)21-12-6-9-18(3)15-21;2*1-2-3-4-5-6-7-8(9)10;/h4*4-15H,1-3H3;2*2-7H2,1H3,(H,9,10);/q;;;;;;+2/p-2. The molecule has 567 valence electrons. The van der Waals surface area contributed by atoms with Gasteiger partial charge in [-0.05, 0) is 204 Å². The smallest absolute Gasteiger partial charge is 0.550 e. The Hall–Kier alpha value is -8.19. The van der Waals surface area contributed by atoms with E-state index in [1.807, 2.05) is 0 Å². The van der Waals surface area contributed by atoms with Crippen LogP contribution < -0.4 is 73.9 Å². The van der Waals surface area contributed by atoms with Crippen molar-refractivity contribution in [2.45, 2.75) is 174 Å². The van der Waals surface area contributed by atoms with Gasteiger partial charge in [-0.1, -0.05) is 423 Å². The molecule has 0 spiro atoms. The molecule has 0 aliphatic carbocycles. The van der Waals surface area contributed by atoms with Crippen LogP contribution in [-0.4, -0.2) is 11.9 Å². The van der Waals surface area contributed by atoms with Crippen molar-refractivity contribution in [2.75, 3.05) is 0 Å². The van der Waals surface area contributed by atoms with Gasteiger partial charge in [0.2, 0.25) is 0 Å². The van der Waals surface area contributed by atoms with Gasteiger partial charge in [-0.15, -0.1) is 0 Å². The molecule has 0 saturated carbocycles. The van der Waals surface area contributed by atoms with Gasteiger partial charge < -0.3 is 19.8 Å². The van der Waals surface area contributed by atoms with Crippen LogP contribution in [0.1, 0.15) is 158 Å². The first-order valence-corrected chi connectivity index (χ1v) is 43.8. The summed E-state index contributed by atoms with van der Waals surface area (Å²) >= 11 is 0. The van der Waals surface area contributed by atoms with Crippen LogP contribution in [0.15, 0.2) is 291 Å². The Labute approximate surface area is 671 Å². The molecule has 0 atom stereocenters. The number of unbranched alkanes of at least 4 members (excludes halogenated alkanes) is 8. The zero-order valence-electron chi connectivity index (χ0n) is 67.0. The Morgan fingerprint density at radius 1 is 0.211 bits per heavy atom. The molecule has 12 rings (SSSR count). The number of carboxylic acids is 2. The van der Waals surface area contributed by atoms with Crippen LogP contribution in [0.3, 0.4) is 0 Å². The van der Waals surface area contributed by atoms with Gasteiger partial charge in [0.15, 0.2) is 0 Å². The van der Waals surface area contributed by atoms with Crippen LogP contribution in [0, 0.1) is 83.1 Å². The molecule has 0 N–H and O–H groups in total. The third kappa shape index (κ3) is 31.6. The SMILES string of the molecule is CCCCCCCC(=O)[O-].CCCCCCCC(=O)[O-].Cc1cccc(P(c2cccc(C)c2)c2cccc(C)c2)c1.Cc1cccc(P(c2cccc(C)c2)c2cccc(C)c2)c1.Cc1cccc(P(c2cccc(C)c2)c2cccc(C)c2)c1.Cc1cccc(P(c2cccc(C)c2)c2cccc(C)c2)c1.[Co+2]. The van der Waals surface area contributed by atoms with E-state index in [1.165, 1.54) is 156 Å². The van der Waals surface area contributed by atoms with Gasteiger partial charge in [-0.25, -0.2) is 0 Å². The van der Waals surface area contributed by atoms with E-state index in [2.05, 4.69) is 388 Å². The number of rotatable bonds is 24. The Bertz CT molecular complexity index is 3730. The first-order chi connectivity index (χ1) is 52.1. The predicted octanol–water partition coefficient (Wildman–Crippen LogP) is 19.7. The van der Waals surface area contributed by atoms with Crippen molar-refractivity contribution in [3.8, 4) is 0 Å². The molecule has 0 fully saturated rings. The molecule has 0 saturated heterocycles. The topological polar surface area (TPSA) is 80.3 Å². The summed E-state index contributed by atoms with van der Waals surface area (Å²) in [6.07, 6.45) is 11.2. The van der Waals surface area contributed by atoms with Crippen molar-refractivity contribution in [2.24, 2.45) is 0 Å². The van der Waals surface area contributed by atoms with Gasteiger partial charge in [0, 0.05) is 11.9 Å². The summed E-state index contributed by atoms with van der Waals surface area (Å²) in [7, 11) is -1.98. The molecular weight excluding hydrogens is 1450 g/mol. The molecule has 12 aromatic carbocycles. The monoisotopic (exact) mass is 1560 g/mol. The van der Waals surface area contributed by atoms with Gasteiger partial charge in [0.25, 0.3) is 0 Å². The number of carbonyl (C=O) groups excluding carboxylic acids is 2. The van der Waals surface area contributed by atoms with Crippen LogP contribution in [0.2, 0.25) is 0 Å². The van der Waals surface area contributed by atoms with Gasteiger partial charge in [-0.2, -0.15) is 0 Å². The zero-order chi connectivity index (χ0) is 77.7. The zero-order valence-corrected chi connectivity index (χ0v) is 71.6. The molecule has 0 aromatic heterocycles. The van der Waals surface area contributed by atoms with Crippen molar-refractivity contribution in [1.29, 1.82) is 0 Å². The van der Waals surface area contributed by atoms with E-state index in [1.54, 1.807) is 0 Å². The van der Waals surface area contributed by atoms with Gasteiger partial charge in [-0.3, -0.25) is 0 Å². The average Bonchev–Trinajstić information content (AvgIpc) is 0.826. The number of carbonyl (C=O) groups is 2. The summed E-state index contributed by atoms with van der Waals surface area (Å²) in [5.74, 6) is -1.84. The second-order valence-electron chi connectivity index (χ2n) is 28.5.